The summed E-state index contributed by atoms with van der Waals surface area (Å²) >= 11 is 0. The highest BCUT2D eigenvalue weighted by molar-refractivity contribution is 5.94. The van der Waals surface area contributed by atoms with Crippen LogP contribution in [0.3, 0.4) is 0 Å². The molecule has 25 heavy (non-hydrogen) atoms. The molecule has 0 N–H and O–H groups in total. The van der Waals surface area contributed by atoms with E-state index in [0.29, 0.717) is 18.4 Å². The van der Waals surface area contributed by atoms with E-state index < -0.39 is 0 Å². The van der Waals surface area contributed by atoms with Gasteiger partial charge < -0.3 is 9.80 Å². The lowest BCUT2D eigenvalue weighted by molar-refractivity contribution is -0.132. The number of amides is 2. The number of rotatable bonds is 1. The fourth-order valence-corrected chi connectivity index (χ4v) is 4.92. The van der Waals surface area contributed by atoms with Crippen molar-refractivity contribution in [1.29, 1.82) is 0 Å². The first-order valence-corrected chi connectivity index (χ1v) is 9.80. The van der Waals surface area contributed by atoms with E-state index in [1.807, 2.05) is 22.9 Å². The van der Waals surface area contributed by atoms with Crippen LogP contribution in [-0.2, 0) is 17.6 Å². The summed E-state index contributed by atoms with van der Waals surface area (Å²) < 4.78 is 0. The molecule has 0 spiro atoms. The molecule has 4 heteroatoms. The third-order valence-corrected chi connectivity index (χ3v) is 6.43. The standard InChI is InChI=1S/C21H28N2O2/c1-22-19-11-12-23(14-18(19)7-4-8-20(22)24)21(25)17-10-9-15-5-2-3-6-16(15)13-17/h9-10,13,18-19H,2-8,11-12,14H2,1H3/t18-,19-/m1/s1. The maximum absolute atomic E-state index is 13.0. The monoisotopic (exact) mass is 340 g/mol. The van der Waals surface area contributed by atoms with Crippen LogP contribution >= 0.6 is 0 Å². The van der Waals surface area contributed by atoms with Gasteiger partial charge >= 0.3 is 0 Å². The van der Waals surface area contributed by atoms with Crippen molar-refractivity contribution >= 4 is 11.8 Å². The average Bonchev–Trinajstić information content (AvgIpc) is 2.79. The highest BCUT2D eigenvalue weighted by Crippen LogP contribution is 2.30. The van der Waals surface area contributed by atoms with Crippen LogP contribution in [0.15, 0.2) is 18.2 Å². The van der Waals surface area contributed by atoms with Crippen molar-refractivity contribution in [3.63, 3.8) is 0 Å². The Kier molecular flexibility index (Phi) is 4.53. The van der Waals surface area contributed by atoms with Crippen molar-refractivity contribution in [1.82, 2.24) is 9.80 Å². The van der Waals surface area contributed by atoms with Crippen molar-refractivity contribution in [3.05, 3.63) is 34.9 Å². The number of piperidine rings is 1. The Morgan fingerprint density at radius 1 is 1.04 bits per heavy atom. The van der Waals surface area contributed by atoms with Gasteiger partial charge in [-0.3, -0.25) is 9.59 Å². The van der Waals surface area contributed by atoms with Gasteiger partial charge in [0.2, 0.25) is 5.91 Å². The van der Waals surface area contributed by atoms with Crippen LogP contribution < -0.4 is 0 Å². The summed E-state index contributed by atoms with van der Waals surface area (Å²) in [5.41, 5.74) is 3.63. The smallest absolute Gasteiger partial charge is 0.253 e. The molecule has 2 heterocycles. The topological polar surface area (TPSA) is 40.6 Å². The number of carbonyl (C=O) groups excluding carboxylic acids is 2. The highest BCUT2D eigenvalue weighted by Gasteiger charge is 2.37. The van der Waals surface area contributed by atoms with Gasteiger partial charge in [-0.05, 0) is 74.1 Å². The minimum Gasteiger partial charge on any atom is -0.342 e. The third-order valence-electron chi connectivity index (χ3n) is 6.43. The first kappa shape index (κ1) is 16.6. The molecule has 0 unspecified atom stereocenters. The zero-order chi connectivity index (χ0) is 17.4. The molecule has 1 aromatic carbocycles. The number of benzene rings is 1. The lowest BCUT2D eigenvalue weighted by atomic mass is 9.87. The van der Waals surface area contributed by atoms with E-state index in [1.54, 1.807) is 0 Å². The SMILES string of the molecule is CN1C(=O)CCC[C@@H]2CN(C(=O)c3ccc4c(c3)CCCC4)CC[C@H]21. The number of likely N-dealkylation sites (tertiary alicyclic amines) is 2. The van der Waals surface area contributed by atoms with Crippen molar-refractivity contribution in [2.75, 3.05) is 20.1 Å². The van der Waals surface area contributed by atoms with Gasteiger partial charge in [0.1, 0.15) is 0 Å². The van der Waals surface area contributed by atoms with Crippen LogP contribution in [0.5, 0.6) is 0 Å². The molecular weight excluding hydrogens is 312 g/mol. The van der Waals surface area contributed by atoms with Crippen LogP contribution in [-0.4, -0.2) is 47.8 Å². The lowest BCUT2D eigenvalue weighted by Crippen LogP contribution is -2.51. The molecule has 1 aliphatic carbocycles. The minimum absolute atomic E-state index is 0.171. The van der Waals surface area contributed by atoms with E-state index in [1.165, 1.54) is 24.0 Å². The molecule has 2 saturated heterocycles. The number of hydrogen-bond donors (Lipinski definition) is 0. The number of fused-ring (bicyclic) bond motifs is 2. The molecule has 2 aliphatic heterocycles. The van der Waals surface area contributed by atoms with Gasteiger partial charge in [0.15, 0.2) is 0 Å². The predicted octanol–water partition coefficient (Wildman–Crippen LogP) is 3.04. The zero-order valence-corrected chi connectivity index (χ0v) is 15.2. The second kappa shape index (κ2) is 6.81. The van der Waals surface area contributed by atoms with Gasteiger partial charge in [0, 0.05) is 38.2 Å². The average molecular weight is 340 g/mol. The highest BCUT2D eigenvalue weighted by atomic mass is 16.2. The Morgan fingerprint density at radius 3 is 2.68 bits per heavy atom. The number of aryl methyl sites for hydroxylation is 2. The molecule has 3 aliphatic rings. The number of nitrogens with zero attached hydrogens (tertiary/aromatic N) is 2. The normalized spacial score (nSPS) is 26.7. The molecule has 4 rings (SSSR count). The van der Waals surface area contributed by atoms with Crippen molar-refractivity contribution in [3.8, 4) is 0 Å². The first-order chi connectivity index (χ1) is 12.1. The second-order valence-electron chi connectivity index (χ2n) is 7.95. The quantitative estimate of drug-likeness (QED) is 0.788. The van der Waals surface area contributed by atoms with E-state index >= 15 is 0 Å². The Balaban J connectivity index is 1.49. The van der Waals surface area contributed by atoms with Crippen LogP contribution in [0.1, 0.15) is 60.0 Å². The summed E-state index contributed by atoms with van der Waals surface area (Å²) in [5.74, 6) is 0.860. The van der Waals surface area contributed by atoms with Crippen molar-refractivity contribution in [2.24, 2.45) is 5.92 Å². The zero-order valence-electron chi connectivity index (χ0n) is 15.2. The summed E-state index contributed by atoms with van der Waals surface area (Å²) in [5, 5.41) is 0. The van der Waals surface area contributed by atoms with Gasteiger partial charge in [0.05, 0.1) is 0 Å². The molecule has 134 valence electrons. The molecule has 0 saturated carbocycles. The third kappa shape index (κ3) is 3.19. The van der Waals surface area contributed by atoms with E-state index in [0.717, 1.165) is 50.8 Å². The van der Waals surface area contributed by atoms with Gasteiger partial charge in [-0.1, -0.05) is 6.07 Å². The van der Waals surface area contributed by atoms with E-state index in [4.69, 9.17) is 0 Å². The summed E-state index contributed by atoms with van der Waals surface area (Å²) in [6.45, 7) is 1.55. The number of hydrogen-bond acceptors (Lipinski definition) is 2. The minimum atomic E-state index is 0.171. The van der Waals surface area contributed by atoms with E-state index in [9.17, 15) is 9.59 Å². The van der Waals surface area contributed by atoms with Crippen LogP contribution in [0.25, 0.3) is 0 Å². The Bertz CT molecular complexity index is 684. The fraction of sp³-hybridized carbons (Fsp3) is 0.619. The Hall–Kier alpha value is -1.84. The van der Waals surface area contributed by atoms with Crippen LogP contribution in [0, 0.1) is 5.92 Å². The molecule has 4 nitrogen and oxygen atoms in total. The maximum atomic E-state index is 13.0. The molecule has 2 atom stereocenters. The summed E-state index contributed by atoms with van der Waals surface area (Å²) in [6, 6.07) is 6.61. The second-order valence-corrected chi connectivity index (χ2v) is 7.95. The van der Waals surface area contributed by atoms with Crippen LogP contribution in [0.4, 0.5) is 0 Å². The predicted molar refractivity (Wildman–Crippen MR) is 97.5 cm³/mol. The molecule has 2 amide bonds. The Labute approximate surface area is 150 Å². The molecule has 1 aromatic rings. The number of carbonyl (C=O) groups is 2. The molecular formula is C21H28N2O2. The Morgan fingerprint density at radius 2 is 1.84 bits per heavy atom. The summed E-state index contributed by atoms with van der Waals surface area (Å²) in [4.78, 5) is 29.1. The fourth-order valence-electron chi connectivity index (χ4n) is 4.92. The molecule has 0 radical (unpaired) electrons. The van der Waals surface area contributed by atoms with E-state index in [2.05, 4.69) is 12.1 Å². The van der Waals surface area contributed by atoms with Gasteiger partial charge in [0.25, 0.3) is 5.91 Å². The largest absolute Gasteiger partial charge is 0.342 e. The maximum Gasteiger partial charge on any atom is 0.253 e. The van der Waals surface area contributed by atoms with E-state index in [-0.39, 0.29) is 11.8 Å². The molecule has 0 bridgehead atoms. The molecule has 2 fully saturated rings. The summed E-state index contributed by atoms with van der Waals surface area (Å²) in [7, 11) is 1.94. The van der Waals surface area contributed by atoms with Crippen LogP contribution in [0.2, 0.25) is 0 Å². The van der Waals surface area contributed by atoms with Gasteiger partial charge in [-0.2, -0.15) is 0 Å². The van der Waals surface area contributed by atoms with Crippen molar-refractivity contribution < 1.29 is 9.59 Å². The molecule has 0 aromatic heterocycles. The first-order valence-electron chi connectivity index (χ1n) is 9.80. The lowest BCUT2D eigenvalue weighted by Gasteiger charge is -2.41. The summed E-state index contributed by atoms with van der Waals surface area (Å²) in [6.07, 6.45) is 8.32. The van der Waals surface area contributed by atoms with Gasteiger partial charge in [-0.25, -0.2) is 0 Å². The van der Waals surface area contributed by atoms with Gasteiger partial charge in [-0.15, -0.1) is 0 Å². The van der Waals surface area contributed by atoms with Crippen molar-refractivity contribution in [2.45, 2.75) is 57.4 Å².